The summed E-state index contributed by atoms with van der Waals surface area (Å²) in [4.78, 5) is 11.5. The second-order valence-corrected chi connectivity index (χ2v) is 5.19. The molecule has 2 heterocycles. The van der Waals surface area contributed by atoms with Crippen molar-refractivity contribution in [3.05, 3.63) is 30.4 Å². The van der Waals surface area contributed by atoms with E-state index in [9.17, 15) is 0 Å². The van der Waals surface area contributed by atoms with Gasteiger partial charge < -0.3 is 20.8 Å². The van der Waals surface area contributed by atoms with Crippen LogP contribution in [0.4, 0.5) is 11.5 Å². The molecule has 2 aromatic heterocycles. The summed E-state index contributed by atoms with van der Waals surface area (Å²) in [7, 11) is 0. The lowest BCUT2D eigenvalue weighted by Crippen LogP contribution is -2.24. The van der Waals surface area contributed by atoms with Crippen molar-refractivity contribution < 1.29 is 4.74 Å². The molecular weight excluding hydrogens is 242 g/mol. The highest BCUT2D eigenvalue weighted by Crippen LogP contribution is 2.24. The molecule has 4 N–H and O–H groups in total. The zero-order chi connectivity index (χ0) is 13.9. The van der Waals surface area contributed by atoms with Crippen LogP contribution >= 0.6 is 0 Å². The summed E-state index contributed by atoms with van der Waals surface area (Å²) in [5, 5.41) is 3.16. The molecule has 0 bridgehead atoms. The summed E-state index contributed by atoms with van der Waals surface area (Å²) in [6.07, 6.45) is 3.49. The van der Waals surface area contributed by atoms with Crippen LogP contribution in [0.5, 0.6) is 5.88 Å². The number of rotatable bonds is 4. The largest absolute Gasteiger partial charge is 0.470 e. The first-order chi connectivity index (χ1) is 8.94. The van der Waals surface area contributed by atoms with E-state index in [2.05, 4.69) is 20.3 Å². The zero-order valence-electron chi connectivity index (χ0n) is 11.4. The van der Waals surface area contributed by atoms with Gasteiger partial charge in [-0.1, -0.05) is 0 Å². The van der Waals surface area contributed by atoms with Crippen molar-refractivity contribution in [1.29, 1.82) is 0 Å². The third-order valence-corrected chi connectivity index (χ3v) is 2.28. The van der Waals surface area contributed by atoms with E-state index in [1.807, 2.05) is 26.8 Å². The number of aromatic nitrogens is 3. The van der Waals surface area contributed by atoms with Gasteiger partial charge in [0.05, 0.1) is 12.2 Å². The van der Waals surface area contributed by atoms with E-state index in [0.29, 0.717) is 23.9 Å². The minimum atomic E-state index is -0.333. The fourth-order valence-electron chi connectivity index (χ4n) is 1.49. The first-order valence-corrected chi connectivity index (χ1v) is 6.12. The third-order valence-electron chi connectivity index (χ3n) is 2.28. The van der Waals surface area contributed by atoms with Crippen molar-refractivity contribution in [2.24, 2.45) is 0 Å². The summed E-state index contributed by atoms with van der Waals surface area (Å²) < 4.78 is 5.71. The average molecular weight is 261 g/mol. The van der Waals surface area contributed by atoms with Crippen molar-refractivity contribution in [2.75, 3.05) is 11.1 Å². The molecule has 0 unspecified atom stereocenters. The SMILES string of the molecule is CC(C)(C)Oc1nc(NCc2ncc[nH]2)ccc1N. The summed E-state index contributed by atoms with van der Waals surface area (Å²) in [5.41, 5.74) is 6.05. The van der Waals surface area contributed by atoms with Gasteiger partial charge in [-0.15, -0.1) is 0 Å². The quantitative estimate of drug-likeness (QED) is 0.785. The van der Waals surface area contributed by atoms with E-state index >= 15 is 0 Å². The topological polar surface area (TPSA) is 88.8 Å². The van der Waals surface area contributed by atoms with Crippen LogP contribution in [0.2, 0.25) is 0 Å². The molecular formula is C13H19N5O. The van der Waals surface area contributed by atoms with E-state index < -0.39 is 0 Å². The Morgan fingerprint density at radius 2 is 2.16 bits per heavy atom. The minimum absolute atomic E-state index is 0.333. The van der Waals surface area contributed by atoms with Crippen LogP contribution in [-0.2, 0) is 6.54 Å². The number of ether oxygens (including phenoxy) is 1. The smallest absolute Gasteiger partial charge is 0.239 e. The molecule has 0 aliphatic rings. The van der Waals surface area contributed by atoms with E-state index in [1.54, 1.807) is 18.5 Å². The zero-order valence-corrected chi connectivity index (χ0v) is 11.4. The number of hydrogen-bond donors (Lipinski definition) is 3. The Hall–Kier alpha value is -2.24. The Bertz CT molecular complexity index is 530. The van der Waals surface area contributed by atoms with Gasteiger partial charge in [-0.05, 0) is 32.9 Å². The Kier molecular flexibility index (Phi) is 3.59. The van der Waals surface area contributed by atoms with Gasteiger partial charge in [0, 0.05) is 12.4 Å². The lowest BCUT2D eigenvalue weighted by Gasteiger charge is -2.21. The maximum atomic E-state index is 5.85. The van der Waals surface area contributed by atoms with Crippen LogP contribution < -0.4 is 15.8 Å². The van der Waals surface area contributed by atoms with Crippen molar-refractivity contribution >= 4 is 11.5 Å². The molecule has 0 aromatic carbocycles. The van der Waals surface area contributed by atoms with Crippen LogP contribution in [0.1, 0.15) is 26.6 Å². The molecule has 2 aromatic rings. The number of aromatic amines is 1. The predicted molar refractivity (Wildman–Crippen MR) is 74.9 cm³/mol. The maximum absolute atomic E-state index is 5.85. The number of anilines is 2. The fourth-order valence-corrected chi connectivity index (χ4v) is 1.49. The number of imidazole rings is 1. The number of nitrogens with two attached hydrogens (primary N) is 1. The highest BCUT2D eigenvalue weighted by molar-refractivity contribution is 5.53. The predicted octanol–water partition coefficient (Wildman–Crippen LogP) is 2.18. The van der Waals surface area contributed by atoms with Crippen molar-refractivity contribution in [3.63, 3.8) is 0 Å². The molecule has 19 heavy (non-hydrogen) atoms. The van der Waals surface area contributed by atoms with Crippen molar-refractivity contribution in [1.82, 2.24) is 15.0 Å². The molecule has 102 valence electrons. The average Bonchev–Trinajstić information content (AvgIpc) is 2.81. The molecule has 0 aliphatic carbocycles. The highest BCUT2D eigenvalue weighted by Gasteiger charge is 2.15. The summed E-state index contributed by atoms with van der Waals surface area (Å²) in [5.74, 6) is 1.98. The molecule has 6 heteroatoms. The van der Waals surface area contributed by atoms with Gasteiger partial charge >= 0.3 is 0 Å². The number of hydrogen-bond acceptors (Lipinski definition) is 5. The second kappa shape index (κ2) is 5.17. The number of H-pyrrole nitrogens is 1. The van der Waals surface area contributed by atoms with Crippen LogP contribution in [0.3, 0.4) is 0 Å². The second-order valence-electron chi connectivity index (χ2n) is 5.19. The molecule has 0 radical (unpaired) electrons. The summed E-state index contributed by atoms with van der Waals surface area (Å²) in [6, 6.07) is 3.59. The van der Waals surface area contributed by atoms with Gasteiger partial charge in [-0.2, -0.15) is 4.98 Å². The first-order valence-electron chi connectivity index (χ1n) is 6.12. The Morgan fingerprint density at radius 3 is 2.79 bits per heavy atom. The van der Waals surface area contributed by atoms with Crippen molar-refractivity contribution in [3.8, 4) is 5.88 Å². The molecule has 0 saturated carbocycles. The molecule has 2 rings (SSSR count). The third kappa shape index (κ3) is 3.87. The molecule has 0 amide bonds. The Morgan fingerprint density at radius 1 is 1.37 bits per heavy atom. The molecule has 0 fully saturated rings. The van der Waals surface area contributed by atoms with Gasteiger partial charge in [0.2, 0.25) is 5.88 Å². The monoisotopic (exact) mass is 261 g/mol. The fraction of sp³-hybridized carbons (Fsp3) is 0.385. The Balaban J connectivity index is 2.07. The summed E-state index contributed by atoms with van der Waals surface area (Å²) >= 11 is 0. The molecule has 0 aliphatic heterocycles. The van der Waals surface area contributed by atoms with Crippen LogP contribution in [0.15, 0.2) is 24.5 Å². The van der Waals surface area contributed by atoms with Gasteiger partial charge in [0.1, 0.15) is 17.2 Å². The van der Waals surface area contributed by atoms with Crippen molar-refractivity contribution in [2.45, 2.75) is 32.9 Å². The minimum Gasteiger partial charge on any atom is -0.470 e. The normalized spacial score (nSPS) is 11.3. The standard InChI is InChI=1S/C13H19N5O/c1-13(2,3)19-12-9(14)4-5-10(18-12)17-8-11-15-6-7-16-11/h4-7H,8,14H2,1-3H3,(H,15,16)(H,17,18). The molecule has 0 saturated heterocycles. The van der Waals surface area contributed by atoms with Crippen LogP contribution in [0.25, 0.3) is 0 Å². The number of nitrogen functional groups attached to an aromatic ring is 1. The van der Waals surface area contributed by atoms with Gasteiger partial charge in [0.15, 0.2) is 0 Å². The van der Waals surface area contributed by atoms with Crippen LogP contribution in [-0.4, -0.2) is 20.6 Å². The highest BCUT2D eigenvalue weighted by atomic mass is 16.5. The Labute approximate surface area is 112 Å². The molecule has 0 atom stereocenters. The lowest BCUT2D eigenvalue weighted by atomic mass is 10.2. The lowest BCUT2D eigenvalue weighted by molar-refractivity contribution is 0.125. The summed E-state index contributed by atoms with van der Waals surface area (Å²) in [6.45, 7) is 6.43. The van der Waals surface area contributed by atoms with E-state index in [-0.39, 0.29) is 5.60 Å². The number of nitrogens with one attached hydrogen (secondary N) is 2. The van der Waals surface area contributed by atoms with E-state index in [4.69, 9.17) is 10.5 Å². The maximum Gasteiger partial charge on any atom is 0.239 e. The number of pyridine rings is 1. The van der Waals surface area contributed by atoms with Crippen LogP contribution in [0, 0.1) is 0 Å². The van der Waals surface area contributed by atoms with E-state index in [1.165, 1.54) is 0 Å². The van der Waals surface area contributed by atoms with Gasteiger partial charge in [-0.25, -0.2) is 4.98 Å². The molecule has 6 nitrogen and oxygen atoms in total. The van der Waals surface area contributed by atoms with Gasteiger partial charge in [-0.3, -0.25) is 0 Å². The molecule has 0 spiro atoms. The van der Waals surface area contributed by atoms with E-state index in [0.717, 1.165) is 5.82 Å². The first kappa shape index (κ1) is 13.2. The van der Waals surface area contributed by atoms with Gasteiger partial charge in [0.25, 0.3) is 0 Å². The number of nitrogens with zero attached hydrogens (tertiary/aromatic N) is 2.